The van der Waals surface area contributed by atoms with E-state index in [1.807, 2.05) is 24.0 Å². The Kier molecular flexibility index (Phi) is 4.20. The topological polar surface area (TPSA) is 57.6 Å². The second-order valence-corrected chi connectivity index (χ2v) is 5.24. The summed E-state index contributed by atoms with van der Waals surface area (Å²) in [7, 11) is 0. The van der Waals surface area contributed by atoms with Crippen molar-refractivity contribution in [1.82, 2.24) is 4.90 Å². The third-order valence-corrected chi connectivity index (χ3v) is 3.53. The summed E-state index contributed by atoms with van der Waals surface area (Å²) in [5.41, 5.74) is 2.51. The number of carbonyl (C=O) groups is 2. The first kappa shape index (κ1) is 13.6. The van der Waals surface area contributed by atoms with Crippen molar-refractivity contribution in [2.45, 2.75) is 32.7 Å². The maximum absolute atomic E-state index is 12.1. The van der Waals surface area contributed by atoms with Crippen LogP contribution in [0.25, 0.3) is 0 Å². The Hall–Kier alpha value is -1.84. The van der Waals surface area contributed by atoms with Crippen molar-refractivity contribution in [3.8, 4) is 0 Å². The van der Waals surface area contributed by atoms with E-state index in [1.54, 1.807) is 0 Å². The standard InChI is InChI=1S/C15H19NO3/c1-11(9-15(18)19)8-14(17)16-7-6-12-4-2-3-5-13(12)10-16/h2-5,11H,6-10H2,1H3,(H,18,19). The van der Waals surface area contributed by atoms with Gasteiger partial charge in [0.1, 0.15) is 0 Å². The smallest absolute Gasteiger partial charge is 0.303 e. The second kappa shape index (κ2) is 5.87. The van der Waals surface area contributed by atoms with Crippen molar-refractivity contribution in [2.75, 3.05) is 6.54 Å². The van der Waals surface area contributed by atoms with E-state index in [-0.39, 0.29) is 18.2 Å². The van der Waals surface area contributed by atoms with Gasteiger partial charge in [-0.05, 0) is 23.5 Å². The zero-order chi connectivity index (χ0) is 13.8. The molecule has 1 amide bonds. The number of hydrogen-bond donors (Lipinski definition) is 1. The highest BCUT2D eigenvalue weighted by atomic mass is 16.4. The number of hydrogen-bond acceptors (Lipinski definition) is 2. The third kappa shape index (κ3) is 3.56. The summed E-state index contributed by atoms with van der Waals surface area (Å²) in [6.07, 6.45) is 1.25. The van der Waals surface area contributed by atoms with Crippen LogP contribution in [-0.4, -0.2) is 28.4 Å². The zero-order valence-corrected chi connectivity index (χ0v) is 11.1. The first-order chi connectivity index (χ1) is 9.06. The third-order valence-electron chi connectivity index (χ3n) is 3.53. The zero-order valence-electron chi connectivity index (χ0n) is 11.1. The highest BCUT2D eigenvalue weighted by Crippen LogP contribution is 2.20. The summed E-state index contributed by atoms with van der Waals surface area (Å²) < 4.78 is 0. The Labute approximate surface area is 113 Å². The summed E-state index contributed by atoms with van der Waals surface area (Å²) in [5.74, 6) is -0.894. The van der Waals surface area contributed by atoms with Crippen molar-refractivity contribution in [3.63, 3.8) is 0 Å². The average molecular weight is 261 g/mol. The molecule has 1 aromatic rings. The summed E-state index contributed by atoms with van der Waals surface area (Å²) in [5, 5.41) is 8.71. The SMILES string of the molecule is CC(CC(=O)O)CC(=O)N1CCc2ccccc2C1. The van der Waals surface area contributed by atoms with Gasteiger partial charge in [-0.25, -0.2) is 0 Å². The number of carboxylic acids is 1. The number of fused-ring (bicyclic) bond motifs is 1. The maximum Gasteiger partial charge on any atom is 0.303 e. The van der Waals surface area contributed by atoms with Crippen LogP contribution < -0.4 is 0 Å². The molecule has 1 unspecified atom stereocenters. The van der Waals surface area contributed by atoms with Crippen molar-refractivity contribution < 1.29 is 14.7 Å². The molecular formula is C15H19NO3. The minimum Gasteiger partial charge on any atom is -0.481 e. The largest absolute Gasteiger partial charge is 0.481 e. The summed E-state index contributed by atoms with van der Waals surface area (Å²) in [6.45, 7) is 3.19. The molecule has 4 heteroatoms. The van der Waals surface area contributed by atoms with Crippen molar-refractivity contribution >= 4 is 11.9 Å². The molecule has 0 spiro atoms. The molecule has 0 saturated carbocycles. The van der Waals surface area contributed by atoms with Crippen LogP contribution >= 0.6 is 0 Å². The lowest BCUT2D eigenvalue weighted by Crippen LogP contribution is -2.36. The van der Waals surface area contributed by atoms with Crippen LogP contribution in [0.2, 0.25) is 0 Å². The van der Waals surface area contributed by atoms with Crippen LogP contribution in [0.4, 0.5) is 0 Å². The Balaban J connectivity index is 1.93. The molecule has 19 heavy (non-hydrogen) atoms. The van der Waals surface area contributed by atoms with Gasteiger partial charge in [-0.2, -0.15) is 0 Å². The van der Waals surface area contributed by atoms with Crippen LogP contribution in [0.1, 0.15) is 30.9 Å². The lowest BCUT2D eigenvalue weighted by atomic mass is 9.98. The monoisotopic (exact) mass is 261 g/mol. The molecule has 0 aliphatic carbocycles. The molecule has 1 aliphatic heterocycles. The van der Waals surface area contributed by atoms with Gasteiger partial charge in [-0.15, -0.1) is 0 Å². The van der Waals surface area contributed by atoms with Crippen LogP contribution in [0.15, 0.2) is 24.3 Å². The van der Waals surface area contributed by atoms with Gasteiger partial charge >= 0.3 is 5.97 Å². The number of rotatable bonds is 4. The number of nitrogens with zero attached hydrogens (tertiary/aromatic N) is 1. The molecule has 102 valence electrons. The molecule has 0 bridgehead atoms. The number of aliphatic carboxylic acids is 1. The Morgan fingerprint density at radius 3 is 2.63 bits per heavy atom. The molecule has 1 heterocycles. The number of benzene rings is 1. The van der Waals surface area contributed by atoms with Crippen molar-refractivity contribution in [2.24, 2.45) is 5.92 Å². The predicted molar refractivity (Wildman–Crippen MR) is 71.6 cm³/mol. The number of carboxylic acid groups (broad SMARTS) is 1. The van der Waals surface area contributed by atoms with Crippen LogP contribution in [0.5, 0.6) is 0 Å². The van der Waals surface area contributed by atoms with Crippen LogP contribution in [0.3, 0.4) is 0 Å². The number of amides is 1. The predicted octanol–water partition coefficient (Wildman–Crippen LogP) is 2.07. The van der Waals surface area contributed by atoms with E-state index in [4.69, 9.17) is 5.11 Å². The van der Waals surface area contributed by atoms with E-state index < -0.39 is 5.97 Å². The lowest BCUT2D eigenvalue weighted by Gasteiger charge is -2.29. The molecule has 1 aromatic carbocycles. The number of carbonyl (C=O) groups excluding carboxylic acids is 1. The van der Waals surface area contributed by atoms with Crippen molar-refractivity contribution in [1.29, 1.82) is 0 Å². The van der Waals surface area contributed by atoms with Crippen LogP contribution in [0, 0.1) is 5.92 Å². The fourth-order valence-corrected chi connectivity index (χ4v) is 2.51. The first-order valence-corrected chi connectivity index (χ1v) is 6.62. The first-order valence-electron chi connectivity index (χ1n) is 6.62. The van der Waals surface area contributed by atoms with Gasteiger partial charge in [0.15, 0.2) is 0 Å². The minimum absolute atomic E-state index is 0.0518. The van der Waals surface area contributed by atoms with E-state index in [2.05, 4.69) is 12.1 Å². The second-order valence-electron chi connectivity index (χ2n) is 5.24. The normalized spacial score (nSPS) is 15.7. The van der Waals surface area contributed by atoms with Gasteiger partial charge in [-0.3, -0.25) is 9.59 Å². The average Bonchev–Trinajstić information content (AvgIpc) is 2.37. The molecule has 4 nitrogen and oxygen atoms in total. The molecule has 0 radical (unpaired) electrons. The highest BCUT2D eigenvalue weighted by Gasteiger charge is 2.22. The molecule has 0 saturated heterocycles. The van der Waals surface area contributed by atoms with E-state index in [9.17, 15) is 9.59 Å². The Morgan fingerprint density at radius 2 is 1.95 bits per heavy atom. The summed E-state index contributed by atoms with van der Waals surface area (Å²) in [6, 6.07) is 8.16. The van der Waals surface area contributed by atoms with Gasteiger partial charge in [0.25, 0.3) is 0 Å². The van der Waals surface area contributed by atoms with E-state index in [0.29, 0.717) is 13.0 Å². The van der Waals surface area contributed by atoms with Gasteiger partial charge in [0.05, 0.1) is 0 Å². The fraction of sp³-hybridized carbons (Fsp3) is 0.467. The summed E-state index contributed by atoms with van der Waals surface area (Å²) in [4.78, 5) is 24.6. The van der Waals surface area contributed by atoms with E-state index in [1.165, 1.54) is 11.1 Å². The quantitative estimate of drug-likeness (QED) is 0.902. The molecule has 0 aromatic heterocycles. The molecule has 1 aliphatic rings. The van der Waals surface area contributed by atoms with E-state index >= 15 is 0 Å². The van der Waals surface area contributed by atoms with Crippen molar-refractivity contribution in [3.05, 3.63) is 35.4 Å². The minimum atomic E-state index is -0.843. The molecule has 2 rings (SSSR count). The maximum atomic E-state index is 12.1. The van der Waals surface area contributed by atoms with Crippen LogP contribution in [-0.2, 0) is 22.6 Å². The van der Waals surface area contributed by atoms with Gasteiger partial charge in [-0.1, -0.05) is 31.2 Å². The highest BCUT2D eigenvalue weighted by molar-refractivity contribution is 5.77. The fourth-order valence-electron chi connectivity index (χ4n) is 2.51. The van der Waals surface area contributed by atoms with Gasteiger partial charge < -0.3 is 10.0 Å². The molecular weight excluding hydrogens is 242 g/mol. The molecule has 0 fully saturated rings. The Morgan fingerprint density at radius 1 is 1.26 bits per heavy atom. The Bertz CT molecular complexity index is 484. The van der Waals surface area contributed by atoms with Gasteiger partial charge in [0.2, 0.25) is 5.91 Å². The summed E-state index contributed by atoms with van der Waals surface area (Å²) >= 11 is 0. The van der Waals surface area contributed by atoms with E-state index in [0.717, 1.165) is 13.0 Å². The molecule has 1 atom stereocenters. The molecule has 1 N–H and O–H groups in total. The lowest BCUT2D eigenvalue weighted by molar-refractivity contribution is -0.138. The van der Waals surface area contributed by atoms with Gasteiger partial charge in [0, 0.05) is 25.9 Å².